The van der Waals surface area contributed by atoms with Gasteiger partial charge in [-0.25, -0.2) is 4.98 Å². The van der Waals surface area contributed by atoms with E-state index in [0.29, 0.717) is 23.7 Å². The van der Waals surface area contributed by atoms with Crippen LogP contribution in [0.25, 0.3) is 17.0 Å². The lowest BCUT2D eigenvalue weighted by Crippen LogP contribution is -2.31. The second-order valence-corrected chi connectivity index (χ2v) is 6.86. The average molecular weight is 375 g/mol. The molecule has 0 aliphatic heterocycles. The Labute approximate surface area is 162 Å². The summed E-state index contributed by atoms with van der Waals surface area (Å²) in [5.41, 5.74) is 2.99. The topological polar surface area (TPSA) is 90.0 Å². The number of aromatic nitrogens is 6. The van der Waals surface area contributed by atoms with E-state index in [9.17, 15) is 4.79 Å². The van der Waals surface area contributed by atoms with Crippen LogP contribution < -0.4 is 5.32 Å². The molecule has 4 aromatic rings. The molecule has 142 valence electrons. The molecule has 4 rings (SSSR count). The fraction of sp³-hybridized carbons (Fsp3) is 0.250. The highest BCUT2D eigenvalue weighted by molar-refractivity contribution is 5.94. The highest BCUT2D eigenvalue weighted by atomic mass is 16.2. The molecular formula is C20H21N7O. The van der Waals surface area contributed by atoms with Gasteiger partial charge < -0.3 is 5.32 Å². The summed E-state index contributed by atoms with van der Waals surface area (Å²) in [6.07, 6.45) is 3.35. The molecule has 0 spiro atoms. The molecule has 0 saturated heterocycles. The molecule has 0 aliphatic carbocycles. The number of aryl methyl sites for hydroxylation is 1. The predicted octanol–water partition coefficient (Wildman–Crippen LogP) is 2.36. The highest BCUT2D eigenvalue weighted by Crippen LogP contribution is 2.18. The summed E-state index contributed by atoms with van der Waals surface area (Å²) < 4.78 is 3.35. The number of carbonyl (C=O) groups excluding carboxylic acids is 1. The molecule has 3 heterocycles. The number of nitrogens with one attached hydrogen (secondary N) is 1. The lowest BCUT2D eigenvalue weighted by molar-refractivity contribution is 0.0939. The van der Waals surface area contributed by atoms with Crippen molar-refractivity contribution in [1.29, 1.82) is 0 Å². The number of hydrogen-bond acceptors (Lipinski definition) is 5. The first kappa shape index (κ1) is 17.8. The van der Waals surface area contributed by atoms with Crippen molar-refractivity contribution in [1.82, 2.24) is 34.7 Å². The van der Waals surface area contributed by atoms with Gasteiger partial charge in [-0.2, -0.15) is 19.7 Å². The Bertz CT molecular complexity index is 1100. The largest absolute Gasteiger partial charge is 0.350 e. The van der Waals surface area contributed by atoms with Crippen LogP contribution in [0.3, 0.4) is 0 Å². The van der Waals surface area contributed by atoms with Crippen LogP contribution in [0, 0.1) is 12.8 Å². The molecule has 3 aromatic heterocycles. The zero-order valence-corrected chi connectivity index (χ0v) is 15.8. The predicted molar refractivity (Wildman–Crippen MR) is 105 cm³/mol. The fourth-order valence-electron chi connectivity index (χ4n) is 3.04. The van der Waals surface area contributed by atoms with Gasteiger partial charge in [-0.05, 0) is 25.0 Å². The van der Waals surface area contributed by atoms with Crippen molar-refractivity contribution in [2.45, 2.75) is 20.4 Å². The number of rotatable bonds is 6. The molecule has 1 atom stereocenters. The van der Waals surface area contributed by atoms with E-state index in [1.54, 1.807) is 6.07 Å². The minimum absolute atomic E-state index is 0.210. The molecular weight excluding hydrogens is 354 g/mol. The molecule has 28 heavy (non-hydrogen) atoms. The minimum atomic E-state index is -0.210. The summed E-state index contributed by atoms with van der Waals surface area (Å²) in [5.74, 6) is 0.412. The van der Waals surface area contributed by atoms with Crippen LogP contribution in [0.2, 0.25) is 0 Å². The highest BCUT2D eigenvalue weighted by Gasteiger charge is 2.16. The molecule has 0 radical (unpaired) electrons. The number of amides is 1. The van der Waals surface area contributed by atoms with Gasteiger partial charge in [-0.1, -0.05) is 37.3 Å². The fourth-order valence-corrected chi connectivity index (χ4v) is 3.04. The van der Waals surface area contributed by atoms with Crippen LogP contribution >= 0.6 is 0 Å². The lowest BCUT2D eigenvalue weighted by Gasteiger charge is -2.13. The van der Waals surface area contributed by atoms with Crippen molar-refractivity contribution in [3.05, 3.63) is 66.4 Å². The van der Waals surface area contributed by atoms with E-state index in [0.717, 1.165) is 17.8 Å². The molecule has 1 unspecified atom stereocenters. The second-order valence-electron chi connectivity index (χ2n) is 6.86. The van der Waals surface area contributed by atoms with E-state index in [-0.39, 0.29) is 11.8 Å². The van der Waals surface area contributed by atoms with E-state index in [4.69, 9.17) is 0 Å². The Kier molecular flexibility index (Phi) is 4.84. The maximum Gasteiger partial charge on any atom is 0.270 e. The summed E-state index contributed by atoms with van der Waals surface area (Å²) in [6, 6.07) is 13.4. The van der Waals surface area contributed by atoms with Gasteiger partial charge in [0.2, 0.25) is 0 Å². The normalized spacial score (nSPS) is 12.2. The standard InChI is InChI=1S/C20H21N7O/c1-14(12-26-9-8-15(2)25-26)11-21-19(28)18-10-17(16-6-4-3-5-7-16)24-20-22-13-23-27(18)20/h3-10,13-14H,11-12H2,1-2H3,(H,21,28). The Morgan fingerprint density at radius 2 is 2.04 bits per heavy atom. The molecule has 1 amide bonds. The van der Waals surface area contributed by atoms with Crippen LogP contribution in [0.15, 0.2) is 55.0 Å². The van der Waals surface area contributed by atoms with Crippen molar-refractivity contribution in [2.24, 2.45) is 5.92 Å². The number of carbonyl (C=O) groups is 1. The van der Waals surface area contributed by atoms with Gasteiger partial charge in [0.1, 0.15) is 12.0 Å². The maximum atomic E-state index is 12.9. The number of hydrogen-bond donors (Lipinski definition) is 1. The third-order valence-corrected chi connectivity index (χ3v) is 4.44. The van der Waals surface area contributed by atoms with Gasteiger partial charge in [-0.15, -0.1) is 0 Å². The minimum Gasteiger partial charge on any atom is -0.350 e. The Balaban J connectivity index is 1.52. The summed E-state index contributed by atoms with van der Waals surface area (Å²) in [6.45, 7) is 5.29. The van der Waals surface area contributed by atoms with Gasteiger partial charge in [0.25, 0.3) is 11.7 Å². The zero-order valence-electron chi connectivity index (χ0n) is 15.8. The monoisotopic (exact) mass is 375 g/mol. The van der Waals surface area contributed by atoms with Gasteiger partial charge in [-0.3, -0.25) is 9.48 Å². The van der Waals surface area contributed by atoms with Crippen LogP contribution in [0.5, 0.6) is 0 Å². The van der Waals surface area contributed by atoms with Crippen molar-refractivity contribution >= 4 is 11.7 Å². The second kappa shape index (κ2) is 7.59. The molecule has 1 N–H and O–H groups in total. The molecule has 0 fully saturated rings. The Morgan fingerprint density at radius 1 is 1.21 bits per heavy atom. The third kappa shape index (κ3) is 3.75. The SMILES string of the molecule is Cc1ccn(CC(C)CNC(=O)c2cc(-c3ccccc3)nc3ncnn23)n1. The quantitative estimate of drug-likeness (QED) is 0.559. The number of benzene rings is 1. The third-order valence-electron chi connectivity index (χ3n) is 4.44. The number of fused-ring (bicyclic) bond motifs is 1. The average Bonchev–Trinajstić information content (AvgIpc) is 3.34. The van der Waals surface area contributed by atoms with E-state index in [2.05, 4.69) is 32.4 Å². The van der Waals surface area contributed by atoms with Crippen LogP contribution in [-0.2, 0) is 6.54 Å². The van der Waals surface area contributed by atoms with Crippen molar-refractivity contribution in [3.63, 3.8) is 0 Å². The van der Waals surface area contributed by atoms with Crippen molar-refractivity contribution < 1.29 is 4.79 Å². The summed E-state index contributed by atoms with van der Waals surface area (Å²) >= 11 is 0. The van der Waals surface area contributed by atoms with Gasteiger partial charge in [0.15, 0.2) is 0 Å². The van der Waals surface area contributed by atoms with Crippen LogP contribution in [-0.4, -0.2) is 41.8 Å². The van der Waals surface area contributed by atoms with E-state index >= 15 is 0 Å². The molecule has 0 aliphatic rings. The lowest BCUT2D eigenvalue weighted by atomic mass is 10.1. The summed E-state index contributed by atoms with van der Waals surface area (Å²) in [4.78, 5) is 21.5. The van der Waals surface area contributed by atoms with E-state index < -0.39 is 0 Å². The van der Waals surface area contributed by atoms with Crippen LogP contribution in [0.1, 0.15) is 23.1 Å². The Hall–Kier alpha value is -3.55. The van der Waals surface area contributed by atoms with Crippen molar-refractivity contribution in [2.75, 3.05) is 6.54 Å². The first-order chi connectivity index (χ1) is 13.6. The van der Waals surface area contributed by atoms with Gasteiger partial charge in [0, 0.05) is 24.8 Å². The maximum absolute atomic E-state index is 12.9. The molecule has 8 nitrogen and oxygen atoms in total. The van der Waals surface area contributed by atoms with Crippen molar-refractivity contribution in [3.8, 4) is 11.3 Å². The molecule has 0 saturated carbocycles. The van der Waals surface area contributed by atoms with E-state index in [1.807, 2.05) is 54.2 Å². The first-order valence-electron chi connectivity index (χ1n) is 9.14. The first-order valence-corrected chi connectivity index (χ1v) is 9.14. The summed E-state index contributed by atoms with van der Waals surface area (Å²) in [7, 11) is 0. The van der Waals surface area contributed by atoms with E-state index in [1.165, 1.54) is 10.8 Å². The number of nitrogens with zero attached hydrogens (tertiary/aromatic N) is 6. The van der Waals surface area contributed by atoms with Gasteiger partial charge in [0.05, 0.1) is 11.4 Å². The van der Waals surface area contributed by atoms with Crippen LogP contribution in [0.4, 0.5) is 0 Å². The van der Waals surface area contributed by atoms with Gasteiger partial charge >= 0.3 is 0 Å². The zero-order chi connectivity index (χ0) is 19.5. The molecule has 1 aromatic carbocycles. The molecule has 8 heteroatoms. The Morgan fingerprint density at radius 3 is 2.79 bits per heavy atom. The summed E-state index contributed by atoms with van der Waals surface area (Å²) in [5, 5.41) is 11.5. The smallest absolute Gasteiger partial charge is 0.270 e. The molecule has 0 bridgehead atoms.